The third-order valence-electron chi connectivity index (χ3n) is 8.76. The Morgan fingerprint density at radius 1 is 0.857 bits per heavy atom. The van der Waals surface area contributed by atoms with Crippen molar-refractivity contribution >= 4 is 23.6 Å². The molecule has 0 aliphatic carbocycles. The van der Waals surface area contributed by atoms with Gasteiger partial charge < -0.3 is 9.80 Å². The molecule has 4 atom stereocenters. The summed E-state index contributed by atoms with van der Waals surface area (Å²) >= 11 is 0. The molecule has 3 aliphatic heterocycles. The maximum atomic E-state index is 14.4. The van der Waals surface area contributed by atoms with Crippen molar-refractivity contribution in [3.8, 4) is 0 Å². The summed E-state index contributed by atoms with van der Waals surface area (Å²) in [5.74, 6) is -4.21. The van der Waals surface area contributed by atoms with Crippen molar-refractivity contribution in [1.82, 2.24) is 14.7 Å². The van der Waals surface area contributed by atoms with E-state index in [0.29, 0.717) is 12.1 Å². The van der Waals surface area contributed by atoms with Gasteiger partial charge in [-0.15, -0.1) is 0 Å². The number of piperazine rings is 1. The Hall–Kier alpha value is -4.47. The Bertz CT molecular complexity index is 1540. The van der Waals surface area contributed by atoms with Crippen LogP contribution in [0.25, 0.3) is 0 Å². The van der Waals surface area contributed by atoms with Gasteiger partial charge >= 0.3 is 6.18 Å². The number of amides is 4. The predicted molar refractivity (Wildman–Crippen MR) is 146 cm³/mol. The third kappa shape index (κ3) is 4.19. The van der Waals surface area contributed by atoms with Gasteiger partial charge in [0.1, 0.15) is 5.54 Å². The lowest BCUT2D eigenvalue weighted by atomic mass is 9.75. The number of carbonyl (C=O) groups excluding carboxylic acids is 4. The number of alkyl halides is 3. The van der Waals surface area contributed by atoms with E-state index < -0.39 is 58.8 Å². The zero-order chi connectivity index (χ0) is 29.8. The van der Waals surface area contributed by atoms with Crippen LogP contribution in [-0.2, 0) is 33.5 Å². The van der Waals surface area contributed by atoms with E-state index >= 15 is 0 Å². The lowest BCUT2D eigenvalue weighted by Crippen LogP contribution is -2.70. The van der Waals surface area contributed by atoms with Crippen molar-refractivity contribution in [2.24, 2.45) is 11.8 Å². The standard InChI is InChI=1S/C32H28F3N3O4/c1-2-36-19-24-25-26(29(41)37(28(25)40)18-21-11-7-4-8-12-21)31(30(36)42,17-20-9-5-3-6-10-20)38(24)27(39)22-13-15-23(16-14-22)32(33,34)35/h3-16,24-26H,2,17-19H2,1H3/t24-,25+,26-,31-/m1/s1. The van der Waals surface area contributed by atoms with E-state index in [9.17, 15) is 32.3 Å². The monoisotopic (exact) mass is 575 g/mol. The highest BCUT2D eigenvalue weighted by atomic mass is 19.4. The summed E-state index contributed by atoms with van der Waals surface area (Å²) in [6.45, 7) is 2.18. The summed E-state index contributed by atoms with van der Waals surface area (Å²) in [6, 6.07) is 21.0. The Morgan fingerprint density at radius 2 is 1.45 bits per heavy atom. The minimum Gasteiger partial charge on any atom is -0.339 e. The average molecular weight is 576 g/mol. The molecule has 0 aromatic heterocycles. The van der Waals surface area contributed by atoms with Crippen molar-refractivity contribution < 1.29 is 32.3 Å². The Morgan fingerprint density at radius 3 is 2.02 bits per heavy atom. The summed E-state index contributed by atoms with van der Waals surface area (Å²) in [4.78, 5) is 61.0. The molecule has 6 rings (SSSR count). The van der Waals surface area contributed by atoms with Crippen LogP contribution in [0, 0.1) is 11.8 Å². The summed E-state index contributed by atoms with van der Waals surface area (Å²) < 4.78 is 39.8. The van der Waals surface area contributed by atoms with Gasteiger partial charge in [-0.05, 0) is 42.3 Å². The van der Waals surface area contributed by atoms with Crippen molar-refractivity contribution in [1.29, 1.82) is 0 Å². The second-order valence-electron chi connectivity index (χ2n) is 11.0. The highest BCUT2D eigenvalue weighted by Crippen LogP contribution is 2.54. The van der Waals surface area contributed by atoms with E-state index in [1.165, 1.54) is 9.80 Å². The molecule has 10 heteroatoms. The fourth-order valence-corrected chi connectivity index (χ4v) is 6.91. The molecule has 7 nitrogen and oxygen atoms in total. The van der Waals surface area contributed by atoms with Crippen LogP contribution in [-0.4, -0.2) is 63.0 Å². The van der Waals surface area contributed by atoms with Crippen LogP contribution >= 0.6 is 0 Å². The van der Waals surface area contributed by atoms with Crippen LogP contribution in [0.1, 0.15) is 34.0 Å². The number of fused-ring (bicyclic) bond motifs is 5. The van der Waals surface area contributed by atoms with Gasteiger partial charge in [-0.1, -0.05) is 60.7 Å². The fourth-order valence-electron chi connectivity index (χ4n) is 6.91. The highest BCUT2D eigenvalue weighted by Gasteiger charge is 2.75. The van der Waals surface area contributed by atoms with Crippen LogP contribution in [0.4, 0.5) is 13.2 Å². The first-order valence-electron chi connectivity index (χ1n) is 13.8. The molecule has 4 amide bonds. The van der Waals surface area contributed by atoms with E-state index in [1.807, 2.05) is 6.07 Å². The van der Waals surface area contributed by atoms with Crippen molar-refractivity contribution in [2.75, 3.05) is 13.1 Å². The molecule has 3 aromatic rings. The number of hydrogen-bond donors (Lipinski definition) is 0. The predicted octanol–water partition coefficient (Wildman–Crippen LogP) is 4.17. The molecule has 42 heavy (non-hydrogen) atoms. The molecule has 2 bridgehead atoms. The molecule has 216 valence electrons. The number of nitrogens with zero attached hydrogens (tertiary/aromatic N) is 3. The molecular formula is C32H28F3N3O4. The number of imide groups is 1. The van der Waals surface area contributed by atoms with Crippen molar-refractivity contribution in [2.45, 2.75) is 37.6 Å². The quantitative estimate of drug-likeness (QED) is 0.414. The minimum atomic E-state index is -4.59. The fraction of sp³-hybridized carbons (Fsp3) is 0.312. The van der Waals surface area contributed by atoms with Crippen LogP contribution in [0.15, 0.2) is 84.9 Å². The van der Waals surface area contributed by atoms with Crippen molar-refractivity contribution in [3.05, 3.63) is 107 Å². The van der Waals surface area contributed by atoms with Gasteiger partial charge in [0.05, 0.1) is 30.0 Å². The van der Waals surface area contributed by atoms with Gasteiger partial charge in [0.25, 0.3) is 5.91 Å². The van der Waals surface area contributed by atoms with Gasteiger partial charge in [0.2, 0.25) is 17.7 Å². The van der Waals surface area contributed by atoms with Crippen LogP contribution in [0.3, 0.4) is 0 Å². The van der Waals surface area contributed by atoms with Gasteiger partial charge in [-0.3, -0.25) is 24.1 Å². The maximum absolute atomic E-state index is 14.4. The van der Waals surface area contributed by atoms with E-state index in [1.54, 1.807) is 66.4 Å². The van der Waals surface area contributed by atoms with Crippen molar-refractivity contribution in [3.63, 3.8) is 0 Å². The lowest BCUT2D eigenvalue weighted by molar-refractivity contribution is -0.156. The molecule has 0 unspecified atom stereocenters. The molecule has 3 fully saturated rings. The molecule has 3 heterocycles. The molecule has 0 radical (unpaired) electrons. The Kier molecular flexibility index (Phi) is 6.67. The number of rotatable bonds is 6. The van der Waals surface area contributed by atoms with Gasteiger partial charge in [-0.2, -0.15) is 13.2 Å². The number of hydrogen-bond acceptors (Lipinski definition) is 4. The smallest absolute Gasteiger partial charge is 0.339 e. The molecule has 0 saturated carbocycles. The Balaban J connectivity index is 1.48. The average Bonchev–Trinajstić information content (AvgIpc) is 3.37. The molecule has 3 aliphatic rings. The second kappa shape index (κ2) is 10.1. The van der Waals surface area contributed by atoms with Gasteiger partial charge in [-0.25, -0.2) is 0 Å². The van der Waals surface area contributed by atoms with Crippen LogP contribution < -0.4 is 0 Å². The zero-order valence-electron chi connectivity index (χ0n) is 22.8. The summed E-state index contributed by atoms with van der Waals surface area (Å²) in [5, 5.41) is 0. The number of halogens is 3. The van der Waals surface area contributed by atoms with E-state index in [4.69, 9.17) is 0 Å². The van der Waals surface area contributed by atoms with Crippen LogP contribution in [0.2, 0.25) is 0 Å². The SMILES string of the molecule is CCN1C[C@@H]2[C@@H]3C(=O)N(Cc4ccccc4)C(=O)[C@@H]3[C@](Cc3ccccc3)(C1=O)N2C(=O)c1ccc(C(F)(F)F)cc1. The van der Waals surface area contributed by atoms with E-state index in [0.717, 1.165) is 29.8 Å². The van der Waals surface area contributed by atoms with E-state index in [-0.39, 0.29) is 25.1 Å². The van der Waals surface area contributed by atoms with Gasteiger partial charge in [0.15, 0.2) is 0 Å². The summed E-state index contributed by atoms with van der Waals surface area (Å²) in [7, 11) is 0. The number of likely N-dealkylation sites (N-methyl/N-ethyl adjacent to an activating group) is 1. The van der Waals surface area contributed by atoms with Crippen LogP contribution in [0.5, 0.6) is 0 Å². The summed E-state index contributed by atoms with van der Waals surface area (Å²) in [6.07, 6.45) is -4.61. The second-order valence-corrected chi connectivity index (χ2v) is 11.0. The lowest BCUT2D eigenvalue weighted by Gasteiger charge is -2.49. The third-order valence-corrected chi connectivity index (χ3v) is 8.76. The first-order chi connectivity index (χ1) is 20.1. The summed E-state index contributed by atoms with van der Waals surface area (Å²) in [5.41, 5.74) is -1.25. The maximum Gasteiger partial charge on any atom is 0.416 e. The topological polar surface area (TPSA) is 78.0 Å². The molecule has 0 spiro atoms. The normalized spacial score (nSPS) is 25.3. The number of carbonyl (C=O) groups is 4. The number of likely N-dealkylation sites (tertiary alicyclic amines) is 2. The van der Waals surface area contributed by atoms with Gasteiger partial charge in [0, 0.05) is 25.1 Å². The molecule has 3 aromatic carbocycles. The molecule has 0 N–H and O–H groups in total. The largest absolute Gasteiger partial charge is 0.416 e. The Labute approximate surface area is 240 Å². The molecule has 3 saturated heterocycles. The zero-order valence-corrected chi connectivity index (χ0v) is 22.8. The highest BCUT2D eigenvalue weighted by molar-refractivity contribution is 6.13. The minimum absolute atomic E-state index is 0.0224. The number of benzene rings is 3. The first kappa shape index (κ1) is 27.7. The molecular weight excluding hydrogens is 547 g/mol. The van der Waals surface area contributed by atoms with E-state index in [2.05, 4.69) is 0 Å². The first-order valence-corrected chi connectivity index (χ1v) is 13.8.